The minimum absolute atomic E-state index is 0.249. The van der Waals surface area contributed by atoms with Gasteiger partial charge in [0.05, 0.1) is 41.0 Å². The SMILES string of the molecule is CN(C[C@H](Cc1ccccc1)N(C[C@@H](CC1CCCCC1)N(CCc1ccccc1)N=O)N=O)N=O. The topological polar surface area (TPSA) is 98.0 Å². The van der Waals surface area contributed by atoms with E-state index in [1.165, 1.54) is 29.3 Å². The fourth-order valence-electron chi connectivity index (χ4n) is 5.23. The molecule has 9 nitrogen and oxygen atoms in total. The molecule has 1 aliphatic rings. The maximum atomic E-state index is 12.1. The van der Waals surface area contributed by atoms with Crippen molar-refractivity contribution in [3.63, 3.8) is 0 Å². The predicted octanol–water partition coefficient (Wildman–Crippen LogP) is 5.76. The molecule has 36 heavy (non-hydrogen) atoms. The molecule has 0 bridgehead atoms. The standard InChI is InChI=1S/C27H38N6O3/c1-31(28-34)21-26(19-24-13-7-3-8-14-24)33(30-36)22-27(20-25-15-9-4-10-16-25)32(29-35)18-17-23-11-5-2-6-12-23/h2-3,5-8,11-14,25-27H,4,9-10,15-22H2,1H3/t26-,27+/m0/s1. The lowest BCUT2D eigenvalue weighted by Crippen LogP contribution is -2.48. The molecule has 2 aromatic rings. The summed E-state index contributed by atoms with van der Waals surface area (Å²) >= 11 is 0. The van der Waals surface area contributed by atoms with Crippen molar-refractivity contribution in [2.45, 2.75) is 63.5 Å². The lowest BCUT2D eigenvalue weighted by molar-refractivity contribution is 0.0789. The van der Waals surface area contributed by atoms with Gasteiger partial charge in [-0.3, -0.25) is 15.0 Å². The average molecular weight is 495 g/mol. The van der Waals surface area contributed by atoms with E-state index in [1.54, 1.807) is 12.1 Å². The average Bonchev–Trinajstić information content (AvgIpc) is 2.93. The van der Waals surface area contributed by atoms with Gasteiger partial charge in [0, 0.05) is 13.6 Å². The van der Waals surface area contributed by atoms with E-state index in [4.69, 9.17) is 0 Å². The van der Waals surface area contributed by atoms with Crippen LogP contribution in [0.2, 0.25) is 0 Å². The molecule has 0 N–H and O–H groups in total. The fourth-order valence-corrected chi connectivity index (χ4v) is 5.23. The molecule has 0 amide bonds. The van der Waals surface area contributed by atoms with Crippen molar-refractivity contribution in [3.05, 3.63) is 86.5 Å². The summed E-state index contributed by atoms with van der Waals surface area (Å²) in [7, 11) is 1.59. The van der Waals surface area contributed by atoms with Gasteiger partial charge in [-0.2, -0.15) is 0 Å². The second-order valence-electron chi connectivity index (χ2n) is 9.84. The molecule has 1 saturated carbocycles. The van der Waals surface area contributed by atoms with Crippen LogP contribution < -0.4 is 0 Å². The molecular formula is C27H38N6O3. The Kier molecular flexibility index (Phi) is 11.3. The van der Waals surface area contributed by atoms with Gasteiger partial charge in [0.25, 0.3) is 0 Å². The normalized spacial score (nSPS) is 15.5. The second kappa shape index (κ2) is 14.9. The van der Waals surface area contributed by atoms with E-state index in [2.05, 4.69) is 15.9 Å². The molecular weight excluding hydrogens is 456 g/mol. The molecule has 0 aliphatic heterocycles. The van der Waals surface area contributed by atoms with Crippen LogP contribution in [0.3, 0.4) is 0 Å². The first-order chi connectivity index (χ1) is 17.6. The molecule has 0 aromatic heterocycles. The Balaban J connectivity index is 1.79. The Hall–Kier alpha value is -3.36. The maximum Gasteiger partial charge on any atom is 0.0736 e. The van der Waals surface area contributed by atoms with Crippen LogP contribution in [-0.2, 0) is 12.8 Å². The Morgan fingerprint density at radius 3 is 1.94 bits per heavy atom. The summed E-state index contributed by atoms with van der Waals surface area (Å²) in [6.07, 6.45) is 7.89. The number of rotatable bonds is 16. The number of hydrogen-bond donors (Lipinski definition) is 0. The lowest BCUT2D eigenvalue weighted by Gasteiger charge is -2.36. The Bertz CT molecular complexity index is 910. The van der Waals surface area contributed by atoms with Crippen molar-refractivity contribution in [1.82, 2.24) is 15.0 Å². The number of nitrogens with zero attached hydrogens (tertiary/aromatic N) is 6. The number of likely N-dealkylation sites (N-methyl/N-ethyl adjacent to an activating group) is 1. The van der Waals surface area contributed by atoms with Crippen LogP contribution in [0.4, 0.5) is 0 Å². The van der Waals surface area contributed by atoms with Crippen LogP contribution in [0.1, 0.15) is 49.7 Å². The Morgan fingerprint density at radius 2 is 1.36 bits per heavy atom. The zero-order chi connectivity index (χ0) is 25.6. The summed E-state index contributed by atoms with van der Waals surface area (Å²) in [5.41, 5.74) is 2.17. The van der Waals surface area contributed by atoms with Crippen LogP contribution >= 0.6 is 0 Å². The van der Waals surface area contributed by atoms with Gasteiger partial charge in [-0.25, -0.2) is 0 Å². The third-order valence-corrected chi connectivity index (χ3v) is 7.18. The summed E-state index contributed by atoms with van der Waals surface area (Å²) in [6, 6.07) is 19.2. The quantitative estimate of drug-likeness (QED) is 0.217. The highest BCUT2D eigenvalue weighted by Crippen LogP contribution is 2.29. The van der Waals surface area contributed by atoms with Crippen LogP contribution in [0.25, 0.3) is 0 Å². The lowest BCUT2D eigenvalue weighted by atomic mass is 9.84. The van der Waals surface area contributed by atoms with Crippen LogP contribution in [0.5, 0.6) is 0 Å². The third kappa shape index (κ3) is 8.70. The summed E-state index contributed by atoms with van der Waals surface area (Å²) < 4.78 is 0. The Morgan fingerprint density at radius 1 is 0.750 bits per heavy atom. The monoisotopic (exact) mass is 494 g/mol. The van der Waals surface area contributed by atoms with Gasteiger partial charge in [-0.05, 0) is 36.3 Å². The van der Waals surface area contributed by atoms with E-state index in [1.807, 2.05) is 60.7 Å². The summed E-state index contributed by atoms with van der Waals surface area (Å²) in [5.74, 6) is 0.491. The van der Waals surface area contributed by atoms with Gasteiger partial charge in [0.1, 0.15) is 0 Å². The first-order valence-corrected chi connectivity index (χ1v) is 12.9. The highest BCUT2D eigenvalue weighted by Gasteiger charge is 2.30. The molecule has 0 radical (unpaired) electrons. The highest BCUT2D eigenvalue weighted by atomic mass is 16.3. The van der Waals surface area contributed by atoms with Crippen molar-refractivity contribution in [1.29, 1.82) is 0 Å². The smallest absolute Gasteiger partial charge is 0.0736 e. The molecule has 0 saturated heterocycles. The van der Waals surface area contributed by atoms with Gasteiger partial charge in [-0.15, -0.1) is 14.7 Å². The summed E-state index contributed by atoms with van der Waals surface area (Å²) in [4.78, 5) is 35.3. The largest absolute Gasteiger partial charge is 0.262 e. The van der Waals surface area contributed by atoms with Crippen LogP contribution in [-0.4, -0.2) is 53.8 Å². The minimum atomic E-state index is -0.371. The van der Waals surface area contributed by atoms with Gasteiger partial charge < -0.3 is 0 Å². The van der Waals surface area contributed by atoms with E-state index < -0.39 is 0 Å². The number of hydrogen-bond acceptors (Lipinski definition) is 6. The molecule has 0 heterocycles. The zero-order valence-corrected chi connectivity index (χ0v) is 21.2. The van der Waals surface area contributed by atoms with Crippen LogP contribution in [0.15, 0.2) is 76.5 Å². The first-order valence-electron chi connectivity index (χ1n) is 12.9. The van der Waals surface area contributed by atoms with Crippen molar-refractivity contribution in [3.8, 4) is 0 Å². The molecule has 1 aliphatic carbocycles. The van der Waals surface area contributed by atoms with Gasteiger partial charge in [-0.1, -0.05) is 92.8 Å². The molecule has 3 rings (SSSR count). The van der Waals surface area contributed by atoms with E-state index in [9.17, 15) is 14.7 Å². The van der Waals surface area contributed by atoms with E-state index in [0.717, 1.165) is 30.4 Å². The van der Waals surface area contributed by atoms with E-state index in [0.29, 0.717) is 25.3 Å². The third-order valence-electron chi connectivity index (χ3n) is 7.18. The molecule has 0 unspecified atom stereocenters. The van der Waals surface area contributed by atoms with Crippen molar-refractivity contribution in [2.24, 2.45) is 21.8 Å². The fraction of sp³-hybridized carbons (Fsp3) is 0.556. The molecule has 1 fully saturated rings. The molecule has 194 valence electrons. The first kappa shape index (κ1) is 27.2. The molecule has 2 aromatic carbocycles. The number of nitroso groups, excluding NO2 is 3. The zero-order valence-electron chi connectivity index (χ0n) is 21.2. The minimum Gasteiger partial charge on any atom is -0.262 e. The predicted molar refractivity (Wildman–Crippen MR) is 142 cm³/mol. The van der Waals surface area contributed by atoms with E-state index in [-0.39, 0.29) is 25.2 Å². The number of benzene rings is 2. The van der Waals surface area contributed by atoms with Gasteiger partial charge in [0.2, 0.25) is 0 Å². The summed E-state index contributed by atoms with van der Waals surface area (Å²) in [6.45, 7) is 0.986. The Labute approximate surface area is 213 Å². The van der Waals surface area contributed by atoms with E-state index >= 15 is 0 Å². The highest BCUT2D eigenvalue weighted by molar-refractivity contribution is 5.16. The van der Waals surface area contributed by atoms with Gasteiger partial charge in [0.15, 0.2) is 0 Å². The molecule has 9 heteroatoms. The summed E-state index contributed by atoms with van der Waals surface area (Å²) in [5, 5.41) is 14.2. The van der Waals surface area contributed by atoms with Crippen LogP contribution in [0, 0.1) is 20.6 Å². The van der Waals surface area contributed by atoms with Crippen molar-refractivity contribution < 1.29 is 0 Å². The maximum absolute atomic E-state index is 12.1. The molecule has 2 atom stereocenters. The van der Waals surface area contributed by atoms with Gasteiger partial charge >= 0.3 is 0 Å². The second-order valence-corrected chi connectivity index (χ2v) is 9.84. The van der Waals surface area contributed by atoms with Crippen molar-refractivity contribution >= 4 is 0 Å². The van der Waals surface area contributed by atoms with Crippen molar-refractivity contribution in [2.75, 3.05) is 26.7 Å². The molecule has 0 spiro atoms.